The molecule has 0 saturated heterocycles. The van der Waals surface area contributed by atoms with E-state index in [1.54, 1.807) is 24.3 Å². The van der Waals surface area contributed by atoms with Gasteiger partial charge in [-0.3, -0.25) is 9.59 Å². The number of hydrogen-bond donors (Lipinski definition) is 2. The summed E-state index contributed by atoms with van der Waals surface area (Å²) in [5.41, 5.74) is 3.68. The molecule has 4 heteroatoms. The molecule has 0 saturated carbocycles. The normalized spacial score (nSPS) is 11.5. The van der Waals surface area contributed by atoms with Gasteiger partial charge in [0.05, 0.1) is 0 Å². The van der Waals surface area contributed by atoms with Crippen LogP contribution in [0.15, 0.2) is 84.9 Å². The van der Waals surface area contributed by atoms with E-state index in [0.29, 0.717) is 12.1 Å². The Labute approximate surface area is 165 Å². The maximum atomic E-state index is 12.9. The molecule has 142 valence electrons. The zero-order valence-electron chi connectivity index (χ0n) is 15.9. The third-order valence-electron chi connectivity index (χ3n) is 4.66. The highest BCUT2D eigenvalue weighted by atomic mass is 16.2. The standard InChI is InChI=1S/C24H24N2O2/c1-18-10-8-9-11-19(18)16-17-25-24(28)22(20-12-4-2-5-13-20)26-23(27)21-14-6-3-7-15-21/h2-15,22H,16-17H2,1H3,(H,25,28)(H,26,27). The molecule has 0 aromatic heterocycles. The summed E-state index contributed by atoms with van der Waals surface area (Å²) in [6.45, 7) is 2.57. The SMILES string of the molecule is Cc1ccccc1CCNC(=O)C(NC(=O)c1ccccc1)c1ccccc1. The molecule has 1 unspecified atom stereocenters. The first-order valence-corrected chi connectivity index (χ1v) is 9.38. The van der Waals surface area contributed by atoms with Gasteiger partial charge in [-0.05, 0) is 42.2 Å². The predicted octanol–water partition coefficient (Wildman–Crippen LogP) is 3.83. The summed E-state index contributed by atoms with van der Waals surface area (Å²) in [5, 5.41) is 5.82. The van der Waals surface area contributed by atoms with Crippen LogP contribution in [0.5, 0.6) is 0 Å². The molecule has 3 aromatic carbocycles. The van der Waals surface area contributed by atoms with Gasteiger partial charge in [-0.1, -0.05) is 72.8 Å². The van der Waals surface area contributed by atoms with E-state index >= 15 is 0 Å². The highest BCUT2D eigenvalue weighted by molar-refractivity contribution is 5.97. The molecule has 28 heavy (non-hydrogen) atoms. The summed E-state index contributed by atoms with van der Waals surface area (Å²) >= 11 is 0. The topological polar surface area (TPSA) is 58.2 Å². The number of hydrogen-bond acceptors (Lipinski definition) is 2. The molecule has 0 aliphatic heterocycles. The Balaban J connectivity index is 1.69. The molecule has 0 aliphatic carbocycles. The van der Waals surface area contributed by atoms with E-state index in [0.717, 1.165) is 12.0 Å². The highest BCUT2D eigenvalue weighted by Gasteiger charge is 2.22. The number of aryl methyl sites for hydroxylation is 1. The monoisotopic (exact) mass is 372 g/mol. The first-order chi connectivity index (χ1) is 13.6. The number of nitrogens with one attached hydrogen (secondary N) is 2. The number of rotatable bonds is 7. The Morgan fingerprint density at radius 2 is 1.43 bits per heavy atom. The van der Waals surface area contributed by atoms with E-state index in [1.807, 2.05) is 48.5 Å². The molecule has 0 fully saturated rings. The molecule has 3 rings (SSSR count). The van der Waals surface area contributed by atoms with Crippen molar-refractivity contribution in [2.45, 2.75) is 19.4 Å². The molecule has 0 aliphatic rings. The Morgan fingerprint density at radius 1 is 0.821 bits per heavy atom. The summed E-state index contributed by atoms with van der Waals surface area (Å²) < 4.78 is 0. The number of carbonyl (C=O) groups excluding carboxylic acids is 2. The van der Waals surface area contributed by atoms with Gasteiger partial charge in [0.2, 0.25) is 5.91 Å². The third-order valence-corrected chi connectivity index (χ3v) is 4.66. The minimum Gasteiger partial charge on any atom is -0.354 e. The number of carbonyl (C=O) groups is 2. The fourth-order valence-corrected chi connectivity index (χ4v) is 3.06. The van der Waals surface area contributed by atoms with Crippen molar-refractivity contribution < 1.29 is 9.59 Å². The van der Waals surface area contributed by atoms with Crippen LogP contribution in [0.25, 0.3) is 0 Å². The van der Waals surface area contributed by atoms with Gasteiger partial charge in [-0.15, -0.1) is 0 Å². The average molecular weight is 372 g/mol. The van der Waals surface area contributed by atoms with E-state index in [4.69, 9.17) is 0 Å². The Morgan fingerprint density at radius 3 is 2.11 bits per heavy atom. The van der Waals surface area contributed by atoms with Crippen molar-refractivity contribution in [3.63, 3.8) is 0 Å². The fourth-order valence-electron chi connectivity index (χ4n) is 3.06. The maximum absolute atomic E-state index is 12.9. The van der Waals surface area contributed by atoms with Gasteiger partial charge in [0, 0.05) is 12.1 Å². The highest BCUT2D eigenvalue weighted by Crippen LogP contribution is 2.14. The van der Waals surface area contributed by atoms with Crippen molar-refractivity contribution in [1.29, 1.82) is 0 Å². The minimum absolute atomic E-state index is 0.218. The van der Waals surface area contributed by atoms with Gasteiger partial charge in [-0.2, -0.15) is 0 Å². The molecule has 2 N–H and O–H groups in total. The van der Waals surface area contributed by atoms with Crippen LogP contribution < -0.4 is 10.6 Å². The second-order valence-electron chi connectivity index (χ2n) is 6.65. The molecule has 4 nitrogen and oxygen atoms in total. The summed E-state index contributed by atoms with van der Waals surface area (Å²) in [7, 11) is 0. The predicted molar refractivity (Wildman–Crippen MR) is 111 cm³/mol. The Hall–Kier alpha value is -3.40. The lowest BCUT2D eigenvalue weighted by molar-refractivity contribution is -0.123. The first-order valence-electron chi connectivity index (χ1n) is 9.38. The second kappa shape index (κ2) is 9.51. The van der Waals surface area contributed by atoms with Crippen molar-refractivity contribution >= 4 is 11.8 Å². The zero-order chi connectivity index (χ0) is 19.8. The van der Waals surface area contributed by atoms with E-state index in [2.05, 4.69) is 29.7 Å². The van der Waals surface area contributed by atoms with Crippen LogP contribution in [0, 0.1) is 6.92 Å². The Bertz CT molecular complexity index is 924. The van der Waals surface area contributed by atoms with E-state index in [-0.39, 0.29) is 11.8 Å². The molecule has 0 radical (unpaired) electrons. The van der Waals surface area contributed by atoms with Gasteiger partial charge in [0.25, 0.3) is 5.91 Å². The third kappa shape index (κ3) is 5.07. The molecule has 0 spiro atoms. The van der Waals surface area contributed by atoms with E-state index < -0.39 is 6.04 Å². The van der Waals surface area contributed by atoms with Crippen LogP contribution in [-0.4, -0.2) is 18.4 Å². The van der Waals surface area contributed by atoms with Gasteiger partial charge in [0.1, 0.15) is 6.04 Å². The molecular weight excluding hydrogens is 348 g/mol. The Kier molecular flexibility index (Phi) is 6.58. The van der Waals surface area contributed by atoms with Crippen molar-refractivity contribution in [3.05, 3.63) is 107 Å². The lowest BCUT2D eigenvalue weighted by Gasteiger charge is -2.19. The van der Waals surface area contributed by atoms with Crippen molar-refractivity contribution in [1.82, 2.24) is 10.6 Å². The smallest absolute Gasteiger partial charge is 0.252 e. The molecule has 3 aromatic rings. The van der Waals surface area contributed by atoms with Crippen LogP contribution in [0.3, 0.4) is 0 Å². The van der Waals surface area contributed by atoms with Crippen molar-refractivity contribution in [2.24, 2.45) is 0 Å². The van der Waals surface area contributed by atoms with Crippen molar-refractivity contribution in [2.75, 3.05) is 6.54 Å². The maximum Gasteiger partial charge on any atom is 0.252 e. The molecular formula is C24H24N2O2. The first kappa shape index (κ1) is 19.4. The number of benzene rings is 3. The van der Waals surface area contributed by atoms with Crippen LogP contribution in [0.1, 0.15) is 33.1 Å². The fraction of sp³-hybridized carbons (Fsp3) is 0.167. The average Bonchev–Trinajstić information content (AvgIpc) is 2.74. The van der Waals surface area contributed by atoms with Gasteiger partial charge in [-0.25, -0.2) is 0 Å². The minimum atomic E-state index is -0.745. The van der Waals surface area contributed by atoms with Crippen LogP contribution in [0.4, 0.5) is 0 Å². The molecule has 0 heterocycles. The van der Waals surface area contributed by atoms with Crippen LogP contribution in [0.2, 0.25) is 0 Å². The summed E-state index contributed by atoms with van der Waals surface area (Å²) in [6.07, 6.45) is 0.743. The lowest BCUT2D eigenvalue weighted by Crippen LogP contribution is -2.41. The summed E-state index contributed by atoms with van der Waals surface area (Å²) in [5.74, 6) is -0.493. The largest absolute Gasteiger partial charge is 0.354 e. The summed E-state index contributed by atoms with van der Waals surface area (Å²) in [6, 6.07) is 25.6. The molecule has 0 bridgehead atoms. The van der Waals surface area contributed by atoms with Crippen LogP contribution >= 0.6 is 0 Å². The van der Waals surface area contributed by atoms with Gasteiger partial charge >= 0.3 is 0 Å². The van der Waals surface area contributed by atoms with E-state index in [9.17, 15) is 9.59 Å². The van der Waals surface area contributed by atoms with Gasteiger partial charge in [0.15, 0.2) is 0 Å². The van der Waals surface area contributed by atoms with Crippen LogP contribution in [-0.2, 0) is 11.2 Å². The quantitative estimate of drug-likeness (QED) is 0.662. The second-order valence-corrected chi connectivity index (χ2v) is 6.65. The summed E-state index contributed by atoms with van der Waals surface area (Å²) in [4.78, 5) is 25.4. The lowest BCUT2D eigenvalue weighted by atomic mass is 10.0. The van der Waals surface area contributed by atoms with Gasteiger partial charge < -0.3 is 10.6 Å². The molecule has 1 atom stereocenters. The number of amides is 2. The van der Waals surface area contributed by atoms with E-state index in [1.165, 1.54) is 11.1 Å². The van der Waals surface area contributed by atoms with Crippen molar-refractivity contribution in [3.8, 4) is 0 Å². The zero-order valence-corrected chi connectivity index (χ0v) is 15.9. The molecule has 2 amide bonds.